The zero-order valence-corrected chi connectivity index (χ0v) is 10.5. The Balaban J connectivity index is 1.93. The lowest BCUT2D eigenvalue weighted by Gasteiger charge is -2.31. The molecule has 0 spiro atoms. The number of carbonyl (C=O) groups is 2. The third-order valence-electron chi connectivity index (χ3n) is 5.36. The monoisotopic (exact) mass is 248 g/mol. The van der Waals surface area contributed by atoms with E-state index in [1.54, 1.807) is 12.2 Å². The van der Waals surface area contributed by atoms with Crippen LogP contribution in [0.15, 0.2) is 25.3 Å². The molecule has 0 aromatic carbocycles. The smallest absolute Gasteiger partial charge is 0.309 e. The average Bonchev–Trinajstić information content (AvgIpc) is 3.20. The normalized spacial score (nSPS) is 49.9. The molecular weight excluding hydrogens is 232 g/mol. The molecule has 0 bridgehead atoms. The van der Waals surface area contributed by atoms with Crippen molar-refractivity contribution in [2.24, 2.45) is 34.5 Å². The van der Waals surface area contributed by atoms with E-state index >= 15 is 0 Å². The Morgan fingerprint density at radius 2 is 1.28 bits per heavy atom. The van der Waals surface area contributed by atoms with Gasteiger partial charge in [-0.05, 0) is 11.8 Å². The second-order valence-corrected chi connectivity index (χ2v) is 5.33. The summed E-state index contributed by atoms with van der Waals surface area (Å²) < 4.78 is 9.65. The van der Waals surface area contributed by atoms with Crippen molar-refractivity contribution in [3.05, 3.63) is 25.3 Å². The first kappa shape index (κ1) is 11.5. The Morgan fingerprint density at radius 1 is 0.944 bits per heavy atom. The van der Waals surface area contributed by atoms with Crippen molar-refractivity contribution in [2.75, 3.05) is 14.2 Å². The van der Waals surface area contributed by atoms with Gasteiger partial charge in [0.2, 0.25) is 0 Å². The number of esters is 2. The molecule has 3 rings (SSSR count). The molecule has 3 aliphatic rings. The highest BCUT2D eigenvalue weighted by Crippen LogP contribution is 2.98. The Labute approximate surface area is 106 Å². The molecule has 0 N–H and O–H groups in total. The fourth-order valence-electron chi connectivity index (χ4n) is 4.72. The van der Waals surface area contributed by atoms with Gasteiger partial charge in [-0.15, -0.1) is 13.2 Å². The first-order valence-corrected chi connectivity index (χ1v) is 6.01. The molecule has 0 aromatic rings. The number of hydrogen-bond acceptors (Lipinski definition) is 4. The largest absolute Gasteiger partial charge is 0.469 e. The summed E-state index contributed by atoms with van der Waals surface area (Å²) in [6.07, 6.45) is 3.61. The standard InChI is InChI=1S/C14H16O4/c1-5-13-7(9(13)11(15)17-3)8-10(12(16)18-4)14(8,13)6-2/h5-10H,1-2H2,3-4H3/t7-,8-,9+,10+,13-,14-/m0/s1. The van der Waals surface area contributed by atoms with Crippen LogP contribution >= 0.6 is 0 Å². The first-order valence-electron chi connectivity index (χ1n) is 6.01. The van der Waals surface area contributed by atoms with E-state index in [1.165, 1.54) is 14.2 Å². The van der Waals surface area contributed by atoms with Gasteiger partial charge >= 0.3 is 11.9 Å². The number of carbonyl (C=O) groups excluding carboxylic acids is 2. The summed E-state index contributed by atoms with van der Waals surface area (Å²) >= 11 is 0. The number of hydrogen-bond donors (Lipinski definition) is 0. The van der Waals surface area contributed by atoms with Crippen molar-refractivity contribution < 1.29 is 19.1 Å². The highest BCUT2D eigenvalue weighted by molar-refractivity contribution is 5.89. The molecule has 18 heavy (non-hydrogen) atoms. The third kappa shape index (κ3) is 0.788. The van der Waals surface area contributed by atoms with E-state index in [0.29, 0.717) is 0 Å². The molecule has 4 heteroatoms. The van der Waals surface area contributed by atoms with Gasteiger partial charge in [-0.1, -0.05) is 12.2 Å². The molecule has 0 aliphatic heterocycles. The van der Waals surface area contributed by atoms with Crippen LogP contribution in [0.25, 0.3) is 0 Å². The maximum atomic E-state index is 11.7. The molecule has 0 aromatic heterocycles. The minimum atomic E-state index is -0.328. The molecule has 3 aliphatic carbocycles. The van der Waals surface area contributed by atoms with Crippen LogP contribution in [0.3, 0.4) is 0 Å². The first-order chi connectivity index (χ1) is 8.58. The molecule has 4 nitrogen and oxygen atoms in total. The van der Waals surface area contributed by atoms with E-state index in [9.17, 15) is 9.59 Å². The number of allylic oxidation sites excluding steroid dienone is 2. The van der Waals surface area contributed by atoms with Gasteiger partial charge in [0, 0.05) is 10.8 Å². The minimum Gasteiger partial charge on any atom is -0.469 e. The zero-order valence-electron chi connectivity index (χ0n) is 10.5. The van der Waals surface area contributed by atoms with Crippen LogP contribution in [0.1, 0.15) is 0 Å². The predicted molar refractivity (Wildman–Crippen MR) is 63.3 cm³/mol. The fourth-order valence-corrected chi connectivity index (χ4v) is 4.72. The van der Waals surface area contributed by atoms with E-state index in [4.69, 9.17) is 9.47 Å². The Kier molecular flexibility index (Phi) is 1.95. The second-order valence-electron chi connectivity index (χ2n) is 5.33. The lowest BCUT2D eigenvalue weighted by Crippen LogP contribution is -2.29. The third-order valence-corrected chi connectivity index (χ3v) is 5.36. The molecule has 0 saturated heterocycles. The van der Waals surface area contributed by atoms with E-state index in [-0.39, 0.29) is 46.4 Å². The van der Waals surface area contributed by atoms with E-state index < -0.39 is 0 Å². The van der Waals surface area contributed by atoms with Gasteiger partial charge in [0.1, 0.15) is 0 Å². The van der Waals surface area contributed by atoms with Crippen molar-refractivity contribution in [1.82, 2.24) is 0 Å². The van der Waals surface area contributed by atoms with Gasteiger partial charge in [0.15, 0.2) is 0 Å². The Morgan fingerprint density at radius 3 is 1.50 bits per heavy atom. The van der Waals surface area contributed by atoms with Crippen LogP contribution in [-0.4, -0.2) is 26.2 Å². The lowest BCUT2D eigenvalue weighted by molar-refractivity contribution is -0.145. The Bertz CT molecular complexity index is 438. The van der Waals surface area contributed by atoms with Crippen LogP contribution in [0.4, 0.5) is 0 Å². The molecule has 6 atom stereocenters. The van der Waals surface area contributed by atoms with E-state index in [0.717, 1.165) is 0 Å². The lowest BCUT2D eigenvalue weighted by atomic mass is 9.71. The van der Waals surface area contributed by atoms with Crippen LogP contribution in [0, 0.1) is 34.5 Å². The van der Waals surface area contributed by atoms with Crippen molar-refractivity contribution >= 4 is 11.9 Å². The van der Waals surface area contributed by atoms with Crippen molar-refractivity contribution in [3.8, 4) is 0 Å². The summed E-state index contributed by atoms with van der Waals surface area (Å²) in [5.41, 5.74) is -0.656. The van der Waals surface area contributed by atoms with Crippen molar-refractivity contribution in [3.63, 3.8) is 0 Å². The SMILES string of the molecule is C=C[C@@]12[C@@H]([C@H]3[C@H](C(=O)OC)[C@]31C=C)[C@@H]2C(=O)OC. The molecule has 3 fully saturated rings. The quantitative estimate of drug-likeness (QED) is 0.554. The van der Waals surface area contributed by atoms with Gasteiger partial charge in [-0.2, -0.15) is 0 Å². The highest BCUT2D eigenvalue weighted by atomic mass is 16.5. The van der Waals surface area contributed by atoms with Crippen LogP contribution in [0.5, 0.6) is 0 Å². The van der Waals surface area contributed by atoms with Crippen LogP contribution in [0.2, 0.25) is 0 Å². The highest BCUT2D eigenvalue weighted by Gasteiger charge is 3.00. The van der Waals surface area contributed by atoms with Gasteiger partial charge in [-0.25, -0.2) is 0 Å². The van der Waals surface area contributed by atoms with Gasteiger partial charge in [0.25, 0.3) is 0 Å². The molecule has 0 unspecified atom stereocenters. The molecule has 96 valence electrons. The fraction of sp³-hybridized carbons (Fsp3) is 0.571. The summed E-state index contributed by atoms with van der Waals surface area (Å²) in [6, 6.07) is 0. The molecule has 0 heterocycles. The minimum absolute atomic E-state index is 0.163. The summed E-state index contributed by atoms with van der Waals surface area (Å²) in [6.45, 7) is 7.69. The van der Waals surface area contributed by atoms with Crippen LogP contribution in [-0.2, 0) is 19.1 Å². The predicted octanol–water partition coefficient (Wildman–Crippen LogP) is 1.18. The summed E-state index contributed by atoms with van der Waals surface area (Å²) in [5.74, 6) is -0.407. The number of fused-ring (bicyclic) bond motifs is 4. The van der Waals surface area contributed by atoms with Crippen molar-refractivity contribution in [2.45, 2.75) is 0 Å². The van der Waals surface area contributed by atoms with Crippen molar-refractivity contribution in [1.29, 1.82) is 0 Å². The second kappa shape index (κ2) is 3.05. The maximum Gasteiger partial charge on any atom is 0.309 e. The molecule has 0 radical (unpaired) electrons. The van der Waals surface area contributed by atoms with Gasteiger partial charge in [0.05, 0.1) is 26.1 Å². The molecule has 0 amide bonds. The summed E-state index contributed by atoms with van der Waals surface area (Å²) in [4.78, 5) is 23.5. The van der Waals surface area contributed by atoms with E-state index in [1.807, 2.05) is 0 Å². The summed E-state index contributed by atoms with van der Waals surface area (Å²) in [7, 11) is 2.78. The van der Waals surface area contributed by atoms with E-state index in [2.05, 4.69) is 13.2 Å². The number of methoxy groups -OCH3 is 2. The topological polar surface area (TPSA) is 52.6 Å². The van der Waals surface area contributed by atoms with Gasteiger partial charge < -0.3 is 9.47 Å². The number of ether oxygens (including phenoxy) is 2. The average molecular weight is 248 g/mol. The molecule has 3 saturated carbocycles. The molecular formula is C14H16O4. The zero-order chi connectivity index (χ0) is 13.3. The maximum absolute atomic E-state index is 11.7. The Hall–Kier alpha value is -1.58. The van der Waals surface area contributed by atoms with Crippen LogP contribution < -0.4 is 0 Å². The number of rotatable bonds is 4. The van der Waals surface area contributed by atoms with Gasteiger partial charge in [-0.3, -0.25) is 9.59 Å². The summed E-state index contributed by atoms with van der Waals surface area (Å²) in [5, 5.41) is 0.